The lowest BCUT2D eigenvalue weighted by molar-refractivity contribution is 0.0688. The average molecular weight is 309 g/mol. The lowest BCUT2D eigenvalue weighted by Crippen LogP contribution is -2.03. The molecule has 1 aromatic carbocycles. The fraction of sp³-hybridized carbons (Fsp3) is 0.231. The van der Waals surface area contributed by atoms with Gasteiger partial charge in [0.2, 0.25) is 0 Å². The SMILES string of the molecule is CC(C)c1c(C(=O)O)nn(-c2ccccc2)c1Br. The first-order valence-electron chi connectivity index (χ1n) is 5.59. The van der Waals surface area contributed by atoms with Gasteiger partial charge in [-0.15, -0.1) is 0 Å². The molecule has 0 aliphatic rings. The lowest BCUT2D eigenvalue weighted by Gasteiger charge is -2.05. The molecule has 0 atom stereocenters. The summed E-state index contributed by atoms with van der Waals surface area (Å²) in [5.41, 5.74) is 1.64. The Labute approximate surface area is 113 Å². The number of carboxylic acid groups (broad SMARTS) is 1. The maximum atomic E-state index is 11.2. The van der Waals surface area contributed by atoms with E-state index < -0.39 is 5.97 Å². The Balaban J connectivity index is 2.64. The van der Waals surface area contributed by atoms with E-state index >= 15 is 0 Å². The van der Waals surface area contributed by atoms with Gasteiger partial charge >= 0.3 is 5.97 Å². The molecule has 5 heteroatoms. The normalized spacial score (nSPS) is 10.9. The molecule has 0 saturated carbocycles. The Morgan fingerprint density at radius 2 is 1.94 bits per heavy atom. The predicted molar refractivity (Wildman–Crippen MR) is 72.3 cm³/mol. The molecule has 1 N–H and O–H groups in total. The second-order valence-corrected chi connectivity index (χ2v) is 5.01. The van der Waals surface area contributed by atoms with Crippen LogP contribution in [0.1, 0.15) is 35.8 Å². The summed E-state index contributed by atoms with van der Waals surface area (Å²) >= 11 is 3.44. The first-order chi connectivity index (χ1) is 8.52. The molecule has 0 spiro atoms. The van der Waals surface area contributed by atoms with Crippen LogP contribution < -0.4 is 0 Å². The van der Waals surface area contributed by atoms with Gasteiger partial charge in [-0.05, 0) is 34.0 Å². The number of halogens is 1. The number of rotatable bonds is 3. The number of aromatic nitrogens is 2. The summed E-state index contributed by atoms with van der Waals surface area (Å²) < 4.78 is 2.31. The number of hydrogen-bond acceptors (Lipinski definition) is 2. The fourth-order valence-electron chi connectivity index (χ4n) is 1.82. The Bertz CT molecular complexity index is 576. The standard InChI is InChI=1S/C13H13BrN2O2/c1-8(2)10-11(13(17)18)15-16(12(10)14)9-6-4-3-5-7-9/h3-8H,1-2H3,(H,17,18). The van der Waals surface area contributed by atoms with Crippen molar-refractivity contribution in [2.75, 3.05) is 0 Å². The van der Waals surface area contributed by atoms with Crippen LogP contribution in [0.15, 0.2) is 34.9 Å². The number of nitrogens with zero attached hydrogens (tertiary/aromatic N) is 2. The van der Waals surface area contributed by atoms with Gasteiger partial charge in [-0.1, -0.05) is 32.0 Å². The Morgan fingerprint density at radius 3 is 2.39 bits per heavy atom. The monoisotopic (exact) mass is 308 g/mol. The van der Waals surface area contributed by atoms with Crippen molar-refractivity contribution in [3.63, 3.8) is 0 Å². The summed E-state index contributed by atoms with van der Waals surface area (Å²) in [6, 6.07) is 9.45. The molecule has 1 aromatic heterocycles. The molecule has 0 bridgehead atoms. The zero-order chi connectivity index (χ0) is 13.3. The van der Waals surface area contributed by atoms with Crippen LogP contribution in [-0.4, -0.2) is 20.9 Å². The Kier molecular flexibility index (Phi) is 3.52. The second kappa shape index (κ2) is 4.94. The number of aromatic carboxylic acids is 1. The van der Waals surface area contributed by atoms with Gasteiger partial charge in [-0.2, -0.15) is 5.10 Å². The Hall–Kier alpha value is -1.62. The summed E-state index contributed by atoms with van der Waals surface area (Å²) in [4.78, 5) is 11.2. The molecular formula is C13H13BrN2O2. The third-order valence-electron chi connectivity index (χ3n) is 2.64. The minimum Gasteiger partial charge on any atom is -0.476 e. The highest BCUT2D eigenvalue weighted by atomic mass is 79.9. The number of carbonyl (C=O) groups is 1. The van der Waals surface area contributed by atoms with Crippen molar-refractivity contribution in [2.45, 2.75) is 19.8 Å². The highest BCUT2D eigenvalue weighted by Crippen LogP contribution is 2.30. The molecule has 4 nitrogen and oxygen atoms in total. The molecule has 0 aliphatic heterocycles. The molecule has 0 aliphatic carbocycles. The first-order valence-corrected chi connectivity index (χ1v) is 6.38. The van der Waals surface area contributed by atoms with Gasteiger partial charge in [-0.3, -0.25) is 0 Å². The number of para-hydroxylation sites is 1. The molecule has 94 valence electrons. The third kappa shape index (κ3) is 2.18. The summed E-state index contributed by atoms with van der Waals surface area (Å²) in [5, 5.41) is 13.4. The Morgan fingerprint density at radius 1 is 1.33 bits per heavy atom. The quantitative estimate of drug-likeness (QED) is 0.944. The van der Waals surface area contributed by atoms with Gasteiger partial charge in [0.1, 0.15) is 4.60 Å². The number of carboxylic acids is 1. The maximum Gasteiger partial charge on any atom is 0.356 e. The van der Waals surface area contributed by atoms with E-state index in [9.17, 15) is 9.90 Å². The van der Waals surface area contributed by atoms with Crippen LogP contribution in [-0.2, 0) is 0 Å². The fourth-order valence-corrected chi connectivity index (χ4v) is 2.75. The van der Waals surface area contributed by atoms with Crippen LogP contribution in [0.4, 0.5) is 0 Å². The van der Waals surface area contributed by atoms with Crippen molar-refractivity contribution in [3.05, 3.63) is 46.2 Å². The van der Waals surface area contributed by atoms with Crippen LogP contribution in [0.3, 0.4) is 0 Å². The third-order valence-corrected chi connectivity index (χ3v) is 3.41. The molecule has 0 amide bonds. The van der Waals surface area contributed by atoms with Crippen molar-refractivity contribution < 1.29 is 9.90 Å². The molecule has 2 aromatic rings. The largest absolute Gasteiger partial charge is 0.476 e. The zero-order valence-electron chi connectivity index (χ0n) is 10.1. The molecule has 18 heavy (non-hydrogen) atoms. The van der Waals surface area contributed by atoms with Crippen LogP contribution in [0.2, 0.25) is 0 Å². The van der Waals surface area contributed by atoms with Crippen molar-refractivity contribution in [3.8, 4) is 5.69 Å². The molecule has 0 saturated heterocycles. The van der Waals surface area contributed by atoms with E-state index in [1.165, 1.54) is 0 Å². The second-order valence-electron chi connectivity index (χ2n) is 4.26. The molecule has 0 fully saturated rings. The van der Waals surface area contributed by atoms with Crippen LogP contribution in [0, 0.1) is 0 Å². The summed E-state index contributed by atoms with van der Waals surface area (Å²) in [5.74, 6) is -0.919. The average Bonchev–Trinajstić information content (AvgIpc) is 2.68. The molecule has 0 unspecified atom stereocenters. The van der Waals surface area contributed by atoms with Gasteiger partial charge in [0.15, 0.2) is 5.69 Å². The summed E-state index contributed by atoms with van der Waals surface area (Å²) in [6.07, 6.45) is 0. The smallest absolute Gasteiger partial charge is 0.356 e. The van der Waals surface area contributed by atoms with Gasteiger partial charge in [0, 0.05) is 5.56 Å². The van der Waals surface area contributed by atoms with E-state index in [1.54, 1.807) is 4.68 Å². The van der Waals surface area contributed by atoms with Crippen molar-refractivity contribution >= 4 is 21.9 Å². The van der Waals surface area contributed by atoms with E-state index in [-0.39, 0.29) is 11.6 Å². The van der Waals surface area contributed by atoms with E-state index in [0.29, 0.717) is 10.2 Å². The summed E-state index contributed by atoms with van der Waals surface area (Å²) in [6.45, 7) is 3.90. The van der Waals surface area contributed by atoms with E-state index in [2.05, 4.69) is 21.0 Å². The van der Waals surface area contributed by atoms with Crippen molar-refractivity contribution in [1.82, 2.24) is 9.78 Å². The molecule has 0 radical (unpaired) electrons. The lowest BCUT2D eigenvalue weighted by atomic mass is 10.0. The minimum absolute atomic E-state index is 0.0861. The van der Waals surface area contributed by atoms with Crippen LogP contribution in [0.25, 0.3) is 5.69 Å². The van der Waals surface area contributed by atoms with Crippen LogP contribution in [0.5, 0.6) is 0 Å². The topological polar surface area (TPSA) is 55.1 Å². The number of benzene rings is 1. The van der Waals surface area contributed by atoms with E-state index in [1.807, 2.05) is 44.2 Å². The van der Waals surface area contributed by atoms with Gasteiger partial charge in [0.25, 0.3) is 0 Å². The van der Waals surface area contributed by atoms with Crippen molar-refractivity contribution in [1.29, 1.82) is 0 Å². The predicted octanol–water partition coefficient (Wildman–Crippen LogP) is 3.46. The minimum atomic E-state index is -1.01. The van der Waals surface area contributed by atoms with E-state index in [0.717, 1.165) is 5.69 Å². The van der Waals surface area contributed by atoms with Gasteiger partial charge in [-0.25, -0.2) is 9.48 Å². The number of hydrogen-bond donors (Lipinski definition) is 1. The molecule has 2 rings (SSSR count). The highest BCUT2D eigenvalue weighted by molar-refractivity contribution is 9.10. The molecular weight excluding hydrogens is 296 g/mol. The maximum absolute atomic E-state index is 11.2. The van der Waals surface area contributed by atoms with E-state index in [4.69, 9.17) is 0 Å². The highest BCUT2D eigenvalue weighted by Gasteiger charge is 2.23. The van der Waals surface area contributed by atoms with Gasteiger partial charge in [0.05, 0.1) is 5.69 Å². The molecule has 1 heterocycles. The first kappa shape index (κ1) is 12.8. The van der Waals surface area contributed by atoms with Crippen molar-refractivity contribution in [2.24, 2.45) is 0 Å². The summed E-state index contributed by atoms with van der Waals surface area (Å²) in [7, 11) is 0. The van der Waals surface area contributed by atoms with Gasteiger partial charge < -0.3 is 5.11 Å². The van der Waals surface area contributed by atoms with Crippen LogP contribution >= 0.6 is 15.9 Å². The zero-order valence-corrected chi connectivity index (χ0v) is 11.7.